The molecule has 0 aliphatic carbocycles. The van der Waals surface area contributed by atoms with Crippen molar-refractivity contribution in [1.82, 2.24) is 9.88 Å². The second-order valence-corrected chi connectivity index (χ2v) is 8.24. The Morgan fingerprint density at radius 3 is 2.48 bits per heavy atom. The number of nitrogens with zero attached hydrogens (tertiary/aromatic N) is 2. The van der Waals surface area contributed by atoms with Crippen molar-refractivity contribution in [3.8, 4) is 0 Å². The molecule has 3 rings (SSSR count). The summed E-state index contributed by atoms with van der Waals surface area (Å²) in [6, 6.07) is 11.8. The SMILES string of the molecule is CC1CCN(C(=O)c2cccc(CSc3ccc(C(C)(F)F)cc3)n2)CC1. The number of carbonyl (C=O) groups excluding carboxylic acids is 1. The van der Waals surface area contributed by atoms with Crippen LogP contribution in [-0.4, -0.2) is 28.9 Å². The maximum absolute atomic E-state index is 13.3. The van der Waals surface area contributed by atoms with Gasteiger partial charge in [0.15, 0.2) is 0 Å². The largest absolute Gasteiger partial charge is 0.337 e. The van der Waals surface area contributed by atoms with E-state index >= 15 is 0 Å². The summed E-state index contributed by atoms with van der Waals surface area (Å²) < 4.78 is 26.6. The molecule has 0 unspecified atom stereocenters. The van der Waals surface area contributed by atoms with Gasteiger partial charge in [0.1, 0.15) is 5.69 Å². The molecule has 0 saturated carbocycles. The van der Waals surface area contributed by atoms with Crippen LogP contribution in [0.1, 0.15) is 48.4 Å². The summed E-state index contributed by atoms with van der Waals surface area (Å²) in [6.07, 6.45) is 2.07. The number of pyridine rings is 1. The maximum Gasteiger partial charge on any atom is 0.272 e. The standard InChI is InChI=1S/C21H24F2N2OS/c1-15-10-12-25(13-11-15)20(26)19-5-3-4-17(24-19)14-27-18-8-6-16(7-9-18)21(2,22)23/h3-9,15H,10-14H2,1-2H3. The van der Waals surface area contributed by atoms with Crippen LogP contribution in [0.25, 0.3) is 0 Å². The molecule has 1 aromatic heterocycles. The molecule has 1 saturated heterocycles. The highest BCUT2D eigenvalue weighted by Gasteiger charge is 2.24. The van der Waals surface area contributed by atoms with Crippen molar-refractivity contribution in [2.45, 2.75) is 43.3 Å². The number of piperidine rings is 1. The van der Waals surface area contributed by atoms with Crippen molar-refractivity contribution < 1.29 is 13.6 Å². The van der Waals surface area contributed by atoms with Gasteiger partial charge in [0.25, 0.3) is 11.8 Å². The van der Waals surface area contributed by atoms with Gasteiger partial charge in [-0.15, -0.1) is 11.8 Å². The van der Waals surface area contributed by atoms with E-state index < -0.39 is 5.92 Å². The lowest BCUT2D eigenvalue weighted by Crippen LogP contribution is -2.38. The first-order valence-corrected chi connectivity index (χ1v) is 10.2. The summed E-state index contributed by atoms with van der Waals surface area (Å²) in [5, 5.41) is 0. The Hall–Kier alpha value is -1.95. The first-order chi connectivity index (χ1) is 12.8. The Kier molecular flexibility index (Phi) is 6.15. The van der Waals surface area contributed by atoms with Crippen molar-refractivity contribution in [1.29, 1.82) is 0 Å². The van der Waals surface area contributed by atoms with Crippen molar-refractivity contribution in [2.24, 2.45) is 5.92 Å². The Bertz CT molecular complexity index is 782. The molecule has 2 heterocycles. The van der Waals surface area contributed by atoms with E-state index in [1.807, 2.05) is 17.0 Å². The summed E-state index contributed by atoms with van der Waals surface area (Å²) in [7, 11) is 0. The molecule has 1 aromatic carbocycles. The van der Waals surface area contributed by atoms with Gasteiger partial charge in [-0.1, -0.05) is 25.1 Å². The van der Waals surface area contributed by atoms with Crippen molar-refractivity contribution >= 4 is 17.7 Å². The van der Waals surface area contributed by atoms with Crippen LogP contribution in [-0.2, 0) is 11.7 Å². The smallest absolute Gasteiger partial charge is 0.272 e. The van der Waals surface area contributed by atoms with Crippen molar-refractivity contribution in [2.75, 3.05) is 13.1 Å². The lowest BCUT2D eigenvalue weighted by atomic mass is 9.99. The van der Waals surface area contributed by atoms with E-state index in [1.54, 1.807) is 18.2 Å². The molecular formula is C21H24F2N2OS. The van der Waals surface area contributed by atoms with Gasteiger partial charge in [-0.05, 0) is 43.0 Å². The van der Waals surface area contributed by atoms with Crippen LogP contribution in [0.2, 0.25) is 0 Å². The fourth-order valence-electron chi connectivity index (χ4n) is 3.05. The van der Waals surface area contributed by atoms with E-state index in [2.05, 4.69) is 11.9 Å². The minimum absolute atomic E-state index is 0.00780. The van der Waals surface area contributed by atoms with Crippen LogP contribution in [0.4, 0.5) is 8.78 Å². The fraction of sp³-hybridized carbons (Fsp3) is 0.429. The van der Waals surface area contributed by atoms with Crippen molar-refractivity contribution in [3.05, 3.63) is 59.4 Å². The molecule has 0 spiro atoms. The second kappa shape index (κ2) is 8.38. The Labute approximate surface area is 163 Å². The Morgan fingerprint density at radius 2 is 1.85 bits per heavy atom. The molecule has 2 aromatic rings. The number of benzene rings is 1. The van der Waals surface area contributed by atoms with Crippen LogP contribution >= 0.6 is 11.8 Å². The molecule has 1 aliphatic rings. The number of carbonyl (C=O) groups is 1. The maximum atomic E-state index is 13.3. The summed E-state index contributed by atoms with van der Waals surface area (Å²) >= 11 is 1.52. The summed E-state index contributed by atoms with van der Waals surface area (Å²) in [5.41, 5.74) is 1.29. The third-order valence-electron chi connectivity index (χ3n) is 4.84. The molecule has 0 bridgehead atoms. The van der Waals surface area contributed by atoms with Gasteiger partial charge >= 0.3 is 0 Å². The zero-order valence-corrected chi connectivity index (χ0v) is 16.4. The fourth-order valence-corrected chi connectivity index (χ4v) is 3.86. The predicted molar refractivity (Wildman–Crippen MR) is 104 cm³/mol. The van der Waals surface area contributed by atoms with Crippen LogP contribution in [0.15, 0.2) is 47.4 Å². The topological polar surface area (TPSA) is 33.2 Å². The highest BCUT2D eigenvalue weighted by Crippen LogP contribution is 2.29. The number of aromatic nitrogens is 1. The Balaban J connectivity index is 1.61. The third kappa shape index (κ3) is 5.28. The molecule has 0 N–H and O–H groups in total. The van der Waals surface area contributed by atoms with E-state index in [-0.39, 0.29) is 11.5 Å². The summed E-state index contributed by atoms with van der Waals surface area (Å²) in [5.74, 6) is -1.59. The predicted octanol–water partition coefficient (Wildman–Crippen LogP) is 5.36. The minimum atomic E-state index is -2.83. The number of rotatable bonds is 5. The second-order valence-electron chi connectivity index (χ2n) is 7.19. The van der Waals surface area contributed by atoms with Crippen LogP contribution < -0.4 is 0 Å². The lowest BCUT2D eigenvalue weighted by molar-refractivity contribution is 0.0174. The van der Waals surface area contributed by atoms with Gasteiger partial charge in [0.05, 0.1) is 5.69 Å². The number of thioether (sulfide) groups is 1. The zero-order chi connectivity index (χ0) is 19.4. The van der Waals surface area contributed by atoms with Gasteiger partial charge < -0.3 is 4.90 Å². The number of hydrogen-bond donors (Lipinski definition) is 0. The summed E-state index contributed by atoms with van der Waals surface area (Å²) in [6.45, 7) is 4.68. The minimum Gasteiger partial charge on any atom is -0.337 e. The van der Waals surface area contributed by atoms with Crippen LogP contribution in [0, 0.1) is 5.92 Å². The highest BCUT2D eigenvalue weighted by molar-refractivity contribution is 7.98. The molecule has 27 heavy (non-hydrogen) atoms. The molecule has 1 aliphatic heterocycles. The first-order valence-electron chi connectivity index (χ1n) is 9.19. The van der Waals surface area contributed by atoms with Crippen LogP contribution in [0.5, 0.6) is 0 Å². The average Bonchev–Trinajstić information content (AvgIpc) is 2.66. The van der Waals surface area contributed by atoms with Gasteiger partial charge in [0, 0.05) is 36.2 Å². The van der Waals surface area contributed by atoms with Gasteiger partial charge in [-0.2, -0.15) is 0 Å². The average molecular weight is 390 g/mol. The Morgan fingerprint density at radius 1 is 1.19 bits per heavy atom. The van der Waals surface area contributed by atoms with Gasteiger partial charge in [-0.3, -0.25) is 4.79 Å². The number of amides is 1. The number of alkyl halides is 2. The number of likely N-dealkylation sites (tertiary alicyclic amines) is 1. The highest BCUT2D eigenvalue weighted by atomic mass is 32.2. The number of halogens is 2. The molecule has 1 fully saturated rings. The van der Waals surface area contributed by atoms with E-state index in [4.69, 9.17) is 0 Å². The molecular weight excluding hydrogens is 366 g/mol. The van der Waals surface area contributed by atoms with E-state index in [0.717, 1.165) is 43.4 Å². The number of hydrogen-bond acceptors (Lipinski definition) is 3. The van der Waals surface area contributed by atoms with E-state index in [1.165, 1.54) is 23.9 Å². The lowest BCUT2D eigenvalue weighted by Gasteiger charge is -2.30. The molecule has 3 nitrogen and oxygen atoms in total. The monoisotopic (exact) mass is 390 g/mol. The van der Waals surface area contributed by atoms with E-state index in [9.17, 15) is 13.6 Å². The molecule has 0 atom stereocenters. The molecule has 0 radical (unpaired) electrons. The third-order valence-corrected chi connectivity index (χ3v) is 5.89. The first kappa shape index (κ1) is 19.8. The zero-order valence-electron chi connectivity index (χ0n) is 15.6. The molecule has 6 heteroatoms. The van der Waals surface area contributed by atoms with Gasteiger partial charge in [0.2, 0.25) is 0 Å². The molecule has 144 valence electrons. The van der Waals surface area contributed by atoms with E-state index in [0.29, 0.717) is 17.4 Å². The molecule has 1 amide bonds. The van der Waals surface area contributed by atoms with Gasteiger partial charge in [-0.25, -0.2) is 13.8 Å². The normalized spacial score (nSPS) is 15.8. The summed E-state index contributed by atoms with van der Waals surface area (Å²) in [4.78, 5) is 19.9. The quantitative estimate of drug-likeness (QED) is 0.645. The van der Waals surface area contributed by atoms with Crippen LogP contribution in [0.3, 0.4) is 0 Å². The van der Waals surface area contributed by atoms with Crippen molar-refractivity contribution in [3.63, 3.8) is 0 Å².